The molecule has 0 unspecified atom stereocenters. The summed E-state index contributed by atoms with van der Waals surface area (Å²) in [5, 5.41) is 0. The lowest BCUT2D eigenvalue weighted by molar-refractivity contribution is 0.291. The van der Waals surface area contributed by atoms with Crippen molar-refractivity contribution in [2.75, 3.05) is 7.11 Å². The predicted octanol–water partition coefficient (Wildman–Crippen LogP) is 3.23. The van der Waals surface area contributed by atoms with Gasteiger partial charge in [-0.1, -0.05) is 25.1 Å². The maximum Gasteiger partial charge on any atom is 0.219 e. The molecule has 0 radical (unpaired) electrons. The fourth-order valence-corrected chi connectivity index (χ4v) is 1.81. The largest absolute Gasteiger partial charge is 0.488 e. The maximum atomic E-state index is 5.84. The lowest BCUT2D eigenvalue weighted by Crippen LogP contribution is -2.01. The first-order valence-electron chi connectivity index (χ1n) is 6.03. The first-order valence-corrected chi connectivity index (χ1v) is 6.03. The molecule has 2 rings (SSSR count). The van der Waals surface area contributed by atoms with Crippen LogP contribution in [0.1, 0.15) is 18.1 Å². The molecule has 3 heteroatoms. The second-order valence-corrected chi connectivity index (χ2v) is 3.92. The van der Waals surface area contributed by atoms with Gasteiger partial charge < -0.3 is 9.47 Å². The summed E-state index contributed by atoms with van der Waals surface area (Å²) in [7, 11) is 1.62. The summed E-state index contributed by atoms with van der Waals surface area (Å²) in [5.41, 5.74) is 2.16. The Morgan fingerprint density at radius 1 is 1.06 bits per heavy atom. The minimum absolute atomic E-state index is 0.466. The molecule has 0 atom stereocenters. The van der Waals surface area contributed by atoms with Crippen LogP contribution in [0.4, 0.5) is 0 Å². The average Bonchev–Trinajstić information content (AvgIpc) is 2.45. The summed E-state index contributed by atoms with van der Waals surface area (Å²) in [6, 6.07) is 11.9. The molecule has 0 saturated carbocycles. The summed E-state index contributed by atoms with van der Waals surface area (Å²) in [6.07, 6.45) is 2.67. The van der Waals surface area contributed by atoms with Gasteiger partial charge in [0.25, 0.3) is 0 Å². The molecule has 94 valence electrons. The Morgan fingerprint density at radius 3 is 2.61 bits per heavy atom. The van der Waals surface area contributed by atoms with Crippen molar-refractivity contribution in [3.8, 4) is 11.6 Å². The molecule has 0 N–H and O–H groups in total. The van der Waals surface area contributed by atoms with Crippen LogP contribution >= 0.6 is 0 Å². The van der Waals surface area contributed by atoms with Crippen molar-refractivity contribution in [2.45, 2.75) is 20.0 Å². The van der Waals surface area contributed by atoms with E-state index in [4.69, 9.17) is 9.47 Å². The Hall–Kier alpha value is -2.03. The number of methoxy groups -OCH3 is 1. The highest BCUT2D eigenvalue weighted by Gasteiger charge is 2.05. The van der Waals surface area contributed by atoms with Crippen molar-refractivity contribution in [1.82, 2.24) is 4.98 Å². The number of aromatic nitrogens is 1. The van der Waals surface area contributed by atoms with Crippen LogP contribution in [0.5, 0.6) is 11.6 Å². The van der Waals surface area contributed by atoms with Crippen molar-refractivity contribution >= 4 is 0 Å². The Kier molecular flexibility index (Phi) is 4.18. The molecule has 18 heavy (non-hydrogen) atoms. The Morgan fingerprint density at radius 2 is 1.83 bits per heavy atom. The number of aryl methyl sites for hydroxylation is 1. The molecule has 0 fully saturated rings. The standard InChI is InChI=1S/C15H17NO2/c1-3-12-7-4-5-9-14(12)18-11-13-8-6-10-16-15(13)17-2/h4-10H,3,11H2,1-2H3. The summed E-state index contributed by atoms with van der Waals surface area (Å²) < 4.78 is 11.0. The van der Waals surface area contributed by atoms with Gasteiger partial charge in [0.2, 0.25) is 5.88 Å². The second kappa shape index (κ2) is 6.05. The summed E-state index contributed by atoms with van der Waals surface area (Å²) >= 11 is 0. The van der Waals surface area contributed by atoms with Crippen LogP contribution in [0.25, 0.3) is 0 Å². The molecule has 0 aliphatic heterocycles. The van der Waals surface area contributed by atoms with E-state index in [-0.39, 0.29) is 0 Å². The van der Waals surface area contributed by atoms with E-state index >= 15 is 0 Å². The summed E-state index contributed by atoms with van der Waals surface area (Å²) in [5.74, 6) is 1.54. The molecule has 0 aliphatic rings. The highest BCUT2D eigenvalue weighted by Crippen LogP contribution is 2.21. The number of hydrogen-bond acceptors (Lipinski definition) is 3. The van der Waals surface area contributed by atoms with E-state index in [2.05, 4.69) is 18.0 Å². The molecule has 0 aliphatic carbocycles. The molecular formula is C15H17NO2. The average molecular weight is 243 g/mol. The molecule has 1 heterocycles. The lowest BCUT2D eigenvalue weighted by Gasteiger charge is -2.11. The third kappa shape index (κ3) is 2.80. The molecular weight excluding hydrogens is 226 g/mol. The van der Waals surface area contributed by atoms with Gasteiger partial charge >= 0.3 is 0 Å². The van der Waals surface area contributed by atoms with E-state index in [0.717, 1.165) is 17.7 Å². The summed E-state index contributed by atoms with van der Waals surface area (Å²) in [6.45, 7) is 2.58. The van der Waals surface area contributed by atoms with E-state index in [1.54, 1.807) is 13.3 Å². The minimum Gasteiger partial charge on any atom is -0.488 e. The highest BCUT2D eigenvalue weighted by molar-refractivity contribution is 5.34. The van der Waals surface area contributed by atoms with Crippen LogP contribution in [-0.2, 0) is 13.0 Å². The minimum atomic E-state index is 0.466. The second-order valence-electron chi connectivity index (χ2n) is 3.92. The zero-order valence-corrected chi connectivity index (χ0v) is 10.7. The van der Waals surface area contributed by atoms with Gasteiger partial charge in [0, 0.05) is 6.20 Å². The number of benzene rings is 1. The molecule has 1 aromatic heterocycles. The van der Waals surface area contributed by atoms with Gasteiger partial charge in [0.1, 0.15) is 12.4 Å². The molecule has 0 spiro atoms. The van der Waals surface area contributed by atoms with Crippen LogP contribution in [0.3, 0.4) is 0 Å². The molecule has 3 nitrogen and oxygen atoms in total. The Balaban J connectivity index is 2.11. The van der Waals surface area contributed by atoms with Crippen molar-refractivity contribution in [3.05, 3.63) is 53.7 Å². The van der Waals surface area contributed by atoms with Gasteiger partial charge in [0.05, 0.1) is 12.7 Å². The maximum absolute atomic E-state index is 5.84. The van der Waals surface area contributed by atoms with Crippen LogP contribution < -0.4 is 9.47 Å². The van der Waals surface area contributed by atoms with Gasteiger partial charge in [-0.2, -0.15) is 0 Å². The third-order valence-electron chi connectivity index (χ3n) is 2.78. The van der Waals surface area contributed by atoms with Crippen LogP contribution in [0, 0.1) is 0 Å². The highest BCUT2D eigenvalue weighted by atomic mass is 16.5. The smallest absolute Gasteiger partial charge is 0.219 e. The zero-order chi connectivity index (χ0) is 12.8. The zero-order valence-electron chi connectivity index (χ0n) is 10.7. The third-order valence-corrected chi connectivity index (χ3v) is 2.78. The molecule has 0 amide bonds. The van der Waals surface area contributed by atoms with Crippen LogP contribution in [0.2, 0.25) is 0 Å². The number of para-hydroxylation sites is 1. The molecule has 0 saturated heterocycles. The van der Waals surface area contributed by atoms with Crippen molar-refractivity contribution in [3.63, 3.8) is 0 Å². The normalized spacial score (nSPS) is 10.1. The first kappa shape index (κ1) is 12.4. The van der Waals surface area contributed by atoms with E-state index < -0.39 is 0 Å². The fourth-order valence-electron chi connectivity index (χ4n) is 1.81. The van der Waals surface area contributed by atoms with E-state index in [0.29, 0.717) is 12.5 Å². The van der Waals surface area contributed by atoms with Crippen LogP contribution in [-0.4, -0.2) is 12.1 Å². The Labute approximate surface area is 107 Å². The van der Waals surface area contributed by atoms with Gasteiger partial charge in [0.15, 0.2) is 0 Å². The van der Waals surface area contributed by atoms with E-state index in [1.165, 1.54) is 5.56 Å². The predicted molar refractivity (Wildman–Crippen MR) is 70.9 cm³/mol. The quantitative estimate of drug-likeness (QED) is 0.808. The molecule has 1 aromatic carbocycles. The number of hydrogen-bond donors (Lipinski definition) is 0. The number of pyridine rings is 1. The van der Waals surface area contributed by atoms with Gasteiger partial charge in [-0.25, -0.2) is 4.98 Å². The summed E-state index contributed by atoms with van der Waals surface area (Å²) in [4.78, 5) is 4.15. The first-order chi connectivity index (χ1) is 8.85. The SMILES string of the molecule is CCc1ccccc1OCc1cccnc1OC. The number of rotatable bonds is 5. The number of ether oxygens (including phenoxy) is 2. The van der Waals surface area contributed by atoms with Crippen molar-refractivity contribution in [2.24, 2.45) is 0 Å². The van der Waals surface area contributed by atoms with Crippen LogP contribution in [0.15, 0.2) is 42.6 Å². The van der Waals surface area contributed by atoms with E-state index in [1.807, 2.05) is 30.3 Å². The molecule has 2 aromatic rings. The monoisotopic (exact) mass is 243 g/mol. The lowest BCUT2D eigenvalue weighted by atomic mass is 10.1. The fraction of sp³-hybridized carbons (Fsp3) is 0.267. The van der Waals surface area contributed by atoms with Gasteiger partial charge in [-0.05, 0) is 30.2 Å². The molecule has 0 bridgehead atoms. The van der Waals surface area contributed by atoms with Crippen molar-refractivity contribution in [1.29, 1.82) is 0 Å². The van der Waals surface area contributed by atoms with Crippen molar-refractivity contribution < 1.29 is 9.47 Å². The number of nitrogens with zero attached hydrogens (tertiary/aromatic N) is 1. The topological polar surface area (TPSA) is 31.4 Å². The Bertz CT molecular complexity index is 464. The van der Waals surface area contributed by atoms with E-state index in [9.17, 15) is 0 Å². The van der Waals surface area contributed by atoms with Gasteiger partial charge in [-0.15, -0.1) is 0 Å². The van der Waals surface area contributed by atoms with Gasteiger partial charge in [-0.3, -0.25) is 0 Å².